The van der Waals surface area contributed by atoms with E-state index in [2.05, 4.69) is 21.4 Å². The molecule has 0 saturated heterocycles. The molecule has 3 unspecified atom stereocenters. The number of aliphatic carboxylic acids is 1. The molecular weight excluding hydrogens is 550 g/mol. The minimum absolute atomic E-state index is 0.0250. The maximum absolute atomic E-state index is 13.2. The zero-order valence-corrected chi connectivity index (χ0v) is 24.5. The van der Waals surface area contributed by atoms with Crippen molar-refractivity contribution in [3.8, 4) is 0 Å². The maximum atomic E-state index is 13.2. The third-order valence-corrected chi connectivity index (χ3v) is 6.98. The van der Waals surface area contributed by atoms with Crippen LogP contribution in [0.5, 0.6) is 0 Å². The first kappa shape index (κ1) is 34.2. The van der Waals surface area contributed by atoms with E-state index in [4.69, 9.17) is 0 Å². The van der Waals surface area contributed by atoms with Crippen LogP contribution >= 0.6 is 0 Å². The highest BCUT2D eigenvalue weighted by molar-refractivity contribution is 5.91. The number of para-hydroxylation sites is 1. The molecule has 7 N–H and O–H groups in total. The van der Waals surface area contributed by atoms with Crippen molar-refractivity contribution in [2.45, 2.75) is 51.1 Å². The van der Waals surface area contributed by atoms with Crippen LogP contribution in [0.3, 0.4) is 0 Å². The average molecular weight is 592 g/mol. The molecule has 3 atom stereocenters. The summed E-state index contributed by atoms with van der Waals surface area (Å²) in [5.74, 6) is -4.24. The highest BCUT2D eigenvalue weighted by atomic mass is 16.4. The number of carboxylic acid groups (broad SMARTS) is 1. The van der Waals surface area contributed by atoms with Gasteiger partial charge < -0.3 is 40.7 Å². The minimum Gasteiger partial charge on any atom is -0.478 e. The van der Waals surface area contributed by atoms with Gasteiger partial charge in [0.25, 0.3) is 11.8 Å². The summed E-state index contributed by atoms with van der Waals surface area (Å²) in [6.45, 7) is 3.18. The zero-order chi connectivity index (χ0) is 31.6. The number of carbonyl (C=O) groups excluding carboxylic acids is 4. The van der Waals surface area contributed by atoms with Crippen LogP contribution in [0.25, 0.3) is 10.9 Å². The van der Waals surface area contributed by atoms with Crippen LogP contribution in [-0.2, 0) is 36.2 Å². The maximum Gasteiger partial charge on any atom is 0.350 e. The largest absolute Gasteiger partial charge is 0.478 e. The van der Waals surface area contributed by atoms with E-state index in [-0.39, 0.29) is 38.4 Å². The van der Waals surface area contributed by atoms with Crippen LogP contribution in [0.4, 0.5) is 0 Å². The predicted molar refractivity (Wildman–Crippen MR) is 152 cm³/mol. The number of rotatable bonds is 16. The molecule has 4 amide bonds. The second-order valence-corrected chi connectivity index (χ2v) is 9.81. The van der Waals surface area contributed by atoms with Crippen LogP contribution < -0.4 is 21.4 Å². The summed E-state index contributed by atoms with van der Waals surface area (Å²) < 4.78 is 1.58. The summed E-state index contributed by atoms with van der Waals surface area (Å²) in [4.78, 5) is 62.6. The number of hydrogen-bond donors (Lipinski definition) is 7. The number of aromatic nitrogens is 1. The Hall–Kier alpha value is -4.05. The van der Waals surface area contributed by atoms with Gasteiger partial charge in [0.05, 0.1) is 12.1 Å². The van der Waals surface area contributed by atoms with Gasteiger partial charge in [-0.25, -0.2) is 9.80 Å². The van der Waals surface area contributed by atoms with Crippen molar-refractivity contribution in [3.05, 3.63) is 36.0 Å². The molecule has 15 nitrogen and oxygen atoms in total. The van der Waals surface area contributed by atoms with E-state index in [0.717, 1.165) is 10.3 Å². The second kappa shape index (κ2) is 15.3. The van der Waals surface area contributed by atoms with Gasteiger partial charge in [0, 0.05) is 52.3 Å². The second-order valence-electron chi connectivity index (χ2n) is 9.81. The van der Waals surface area contributed by atoms with Crippen molar-refractivity contribution < 1.29 is 39.3 Å². The van der Waals surface area contributed by atoms with Crippen molar-refractivity contribution in [2.24, 2.45) is 0 Å². The van der Waals surface area contributed by atoms with Gasteiger partial charge in [-0.3, -0.25) is 24.6 Å². The number of amides is 4. The zero-order valence-electron chi connectivity index (χ0n) is 24.5. The summed E-state index contributed by atoms with van der Waals surface area (Å²) >= 11 is 0. The summed E-state index contributed by atoms with van der Waals surface area (Å²) in [5.41, 5.74) is 2.37. The molecule has 42 heavy (non-hydrogen) atoms. The molecule has 0 bridgehead atoms. The SMILES string of the molecule is CCC(=O)NCCNC(=O)C(O)C(O)C(=O)NCCC(=O)N(C)C(C)(C(=O)O)n1c(CN(C)NC)cc2ccccc21. The molecule has 0 aliphatic heterocycles. The standard InChI is InChI=1S/C27H41N7O8/c1-6-20(35)29-13-14-31-25(40)23(38)22(37)24(39)30-12-11-21(36)33(5)27(2,26(41)42)34-18(16-32(4)28-3)15-17-9-7-8-10-19(17)34/h7-10,15,22-23,28,37-38H,6,11-14,16H2,1-5H3,(H,29,35)(H,30,39)(H,31,40)(H,41,42). The number of aliphatic hydroxyl groups is 2. The summed E-state index contributed by atoms with van der Waals surface area (Å²) in [6.07, 6.45) is -4.27. The fourth-order valence-electron chi connectivity index (χ4n) is 4.27. The van der Waals surface area contributed by atoms with Crippen molar-refractivity contribution in [3.63, 3.8) is 0 Å². The number of fused-ring (bicyclic) bond motifs is 1. The van der Waals surface area contributed by atoms with Gasteiger partial charge in [0.1, 0.15) is 0 Å². The number of carboxylic acids is 1. The third-order valence-electron chi connectivity index (χ3n) is 6.98. The smallest absolute Gasteiger partial charge is 0.350 e. The number of aliphatic hydroxyl groups excluding tert-OH is 2. The molecule has 0 fully saturated rings. The number of hydrogen-bond acceptors (Lipinski definition) is 9. The number of carbonyl (C=O) groups is 5. The van der Waals surface area contributed by atoms with Gasteiger partial charge in [-0.1, -0.05) is 25.1 Å². The number of nitrogens with one attached hydrogen (secondary N) is 4. The van der Waals surface area contributed by atoms with Crippen LogP contribution in [0.15, 0.2) is 30.3 Å². The van der Waals surface area contributed by atoms with Crippen molar-refractivity contribution in [1.29, 1.82) is 0 Å². The molecule has 0 spiro atoms. The van der Waals surface area contributed by atoms with E-state index in [9.17, 15) is 39.3 Å². The molecule has 1 aromatic heterocycles. The highest BCUT2D eigenvalue weighted by Gasteiger charge is 2.44. The lowest BCUT2D eigenvalue weighted by Gasteiger charge is -2.38. The first-order valence-corrected chi connectivity index (χ1v) is 13.5. The molecule has 232 valence electrons. The first-order chi connectivity index (χ1) is 19.8. The normalized spacial score (nSPS) is 14.1. The lowest BCUT2D eigenvalue weighted by Crippen LogP contribution is -2.56. The van der Waals surface area contributed by atoms with Crippen LogP contribution in [0.1, 0.15) is 32.4 Å². The molecule has 0 aliphatic rings. The van der Waals surface area contributed by atoms with Crippen LogP contribution in [-0.4, -0.2) is 112 Å². The summed E-state index contributed by atoms with van der Waals surface area (Å²) in [7, 11) is 4.87. The summed E-state index contributed by atoms with van der Waals surface area (Å²) in [6, 6.07) is 9.07. The topological polar surface area (TPSA) is 206 Å². The molecule has 2 rings (SSSR count). The van der Waals surface area contributed by atoms with Gasteiger partial charge in [-0.05, 0) is 31.5 Å². The van der Waals surface area contributed by atoms with Gasteiger partial charge >= 0.3 is 5.97 Å². The molecule has 0 radical (unpaired) electrons. The number of hydrazine groups is 1. The number of nitrogens with zero attached hydrogens (tertiary/aromatic N) is 3. The van der Waals surface area contributed by atoms with Crippen molar-refractivity contribution >= 4 is 40.5 Å². The van der Waals surface area contributed by atoms with Crippen LogP contribution in [0.2, 0.25) is 0 Å². The third kappa shape index (κ3) is 8.03. The van der Waals surface area contributed by atoms with E-state index in [0.29, 0.717) is 17.8 Å². The Bertz CT molecular complexity index is 1280. The quantitative estimate of drug-likeness (QED) is 0.0870. The van der Waals surface area contributed by atoms with Gasteiger partial charge in [-0.2, -0.15) is 0 Å². The van der Waals surface area contributed by atoms with E-state index in [1.54, 1.807) is 42.7 Å². The van der Waals surface area contributed by atoms with Crippen molar-refractivity contribution in [2.75, 3.05) is 40.8 Å². The van der Waals surface area contributed by atoms with E-state index in [1.165, 1.54) is 14.0 Å². The number of likely N-dealkylation sites (N-methyl/N-ethyl adjacent to an activating group) is 1. The predicted octanol–water partition coefficient (Wildman–Crippen LogP) is -1.71. The first-order valence-electron chi connectivity index (χ1n) is 13.5. The van der Waals surface area contributed by atoms with Gasteiger partial charge in [0.15, 0.2) is 12.2 Å². The molecule has 0 saturated carbocycles. The van der Waals surface area contributed by atoms with Crippen molar-refractivity contribution in [1.82, 2.24) is 35.9 Å². The Morgan fingerprint density at radius 3 is 2.10 bits per heavy atom. The molecule has 1 heterocycles. The Morgan fingerprint density at radius 2 is 1.52 bits per heavy atom. The molecule has 0 aliphatic carbocycles. The van der Waals surface area contributed by atoms with E-state index < -0.39 is 41.6 Å². The fourth-order valence-corrected chi connectivity index (χ4v) is 4.27. The Morgan fingerprint density at radius 1 is 0.952 bits per heavy atom. The van der Waals surface area contributed by atoms with Gasteiger partial charge in [0.2, 0.25) is 17.5 Å². The van der Waals surface area contributed by atoms with Crippen LogP contribution in [0, 0.1) is 0 Å². The average Bonchev–Trinajstić information content (AvgIpc) is 3.34. The Labute approximate surface area is 243 Å². The monoisotopic (exact) mass is 591 g/mol. The lowest BCUT2D eigenvalue weighted by molar-refractivity contribution is -0.164. The van der Waals surface area contributed by atoms with E-state index >= 15 is 0 Å². The molecule has 2 aromatic rings. The molecular formula is C27H41N7O8. The highest BCUT2D eigenvalue weighted by Crippen LogP contribution is 2.31. The fraction of sp³-hybridized carbons (Fsp3) is 0.519. The minimum atomic E-state index is -2.12. The number of benzene rings is 1. The molecule has 15 heteroatoms. The van der Waals surface area contributed by atoms with Gasteiger partial charge in [-0.15, -0.1) is 0 Å². The Kier molecular flexibility index (Phi) is 12.4. The molecule has 1 aromatic carbocycles. The Balaban J connectivity index is 2.08. The van der Waals surface area contributed by atoms with E-state index in [1.807, 2.05) is 18.2 Å². The summed E-state index contributed by atoms with van der Waals surface area (Å²) in [5, 5.41) is 40.1. The lowest BCUT2D eigenvalue weighted by atomic mass is 10.1.